The minimum atomic E-state index is -5.07. The van der Waals surface area contributed by atoms with Gasteiger partial charge in [-0.3, -0.25) is 39.4 Å². The van der Waals surface area contributed by atoms with Crippen molar-refractivity contribution in [2.24, 2.45) is 0 Å². The fourth-order valence-corrected chi connectivity index (χ4v) is 4.40. The summed E-state index contributed by atoms with van der Waals surface area (Å²) in [5.74, 6) is -3.77. The summed E-state index contributed by atoms with van der Waals surface area (Å²) in [6, 6.07) is -2.30. The van der Waals surface area contributed by atoms with Crippen LogP contribution in [0.5, 0.6) is 0 Å². The van der Waals surface area contributed by atoms with Gasteiger partial charge in [0.1, 0.15) is 24.8 Å². The Kier molecular flexibility index (Phi) is 5.61. The molecule has 2 aromatic rings. The van der Waals surface area contributed by atoms with E-state index < -0.39 is 76.3 Å². The summed E-state index contributed by atoms with van der Waals surface area (Å²) in [5, 5.41) is 35.2. The van der Waals surface area contributed by atoms with Crippen molar-refractivity contribution in [3.63, 3.8) is 0 Å². The summed E-state index contributed by atoms with van der Waals surface area (Å²) >= 11 is 0. The van der Waals surface area contributed by atoms with E-state index in [0.717, 1.165) is 6.33 Å². The molecule has 0 amide bonds. The largest absolute Gasteiger partial charge is 0.470 e. The molecule has 1 fully saturated rings. The van der Waals surface area contributed by atoms with Crippen molar-refractivity contribution in [3.05, 3.63) is 78.1 Å². The minimum absolute atomic E-state index is 0.0261. The highest BCUT2D eigenvalue weighted by Crippen LogP contribution is 2.52. The first-order chi connectivity index (χ1) is 17.8. The molecule has 200 valence electrons. The van der Waals surface area contributed by atoms with Gasteiger partial charge in [0.2, 0.25) is 6.23 Å². The summed E-state index contributed by atoms with van der Waals surface area (Å²) < 4.78 is 34.1. The van der Waals surface area contributed by atoms with E-state index in [1.807, 2.05) is 0 Å². The molecular formula is C16H13N8O13P. The topological polar surface area (TPSA) is 293 Å². The molecule has 4 atom stereocenters. The standard InChI is InChI=1S/C16H13N8O13P/c17-13-10-14(19-4-18-13)21(5-20-10)15-12-11(7(35-15)3-34-38(31,32)33)36-16(37-12)8(23(27)28)1-6(22(25)26)2-9(16)24(29)30/h1-2,4-5,8,12,15H,3H2,(H2,17,18,19)(H2,31,32,33)/t8?,12-,15-,16-/m1/s1. The van der Waals surface area contributed by atoms with Crippen molar-refractivity contribution < 1.29 is 47.9 Å². The molecule has 0 radical (unpaired) electrons. The second-order valence-electron chi connectivity index (χ2n) is 7.82. The summed E-state index contributed by atoms with van der Waals surface area (Å²) in [6.45, 7) is -0.952. The van der Waals surface area contributed by atoms with E-state index in [0.29, 0.717) is 12.2 Å². The monoisotopic (exact) mass is 556 g/mol. The van der Waals surface area contributed by atoms with Crippen LogP contribution < -0.4 is 5.73 Å². The lowest BCUT2D eigenvalue weighted by atomic mass is 9.96. The van der Waals surface area contributed by atoms with Gasteiger partial charge >= 0.3 is 25.3 Å². The predicted molar refractivity (Wildman–Crippen MR) is 115 cm³/mol. The number of fused-ring (bicyclic) bond motifs is 2. The fraction of sp³-hybridized carbons (Fsp3) is 0.312. The van der Waals surface area contributed by atoms with Gasteiger partial charge in [-0.2, -0.15) is 0 Å². The van der Waals surface area contributed by atoms with Crippen LogP contribution >= 0.6 is 7.82 Å². The average Bonchev–Trinajstić information content (AvgIpc) is 3.50. The second-order valence-corrected chi connectivity index (χ2v) is 9.06. The van der Waals surface area contributed by atoms with E-state index >= 15 is 0 Å². The van der Waals surface area contributed by atoms with Crippen molar-refractivity contribution in [3.8, 4) is 0 Å². The molecule has 2 aromatic heterocycles. The molecule has 4 heterocycles. The van der Waals surface area contributed by atoms with Crippen LogP contribution in [-0.2, 0) is 23.3 Å². The summed E-state index contributed by atoms with van der Waals surface area (Å²) in [5.41, 5.74) is 3.84. The number of allylic oxidation sites excluding steroid dienone is 1. The van der Waals surface area contributed by atoms with Crippen molar-refractivity contribution in [1.82, 2.24) is 19.5 Å². The molecule has 0 saturated carbocycles. The molecule has 4 N–H and O–H groups in total. The predicted octanol–water partition coefficient (Wildman–Crippen LogP) is -0.650. The van der Waals surface area contributed by atoms with Crippen LogP contribution in [-0.4, -0.2) is 68.6 Å². The van der Waals surface area contributed by atoms with E-state index in [1.165, 1.54) is 10.9 Å². The molecule has 38 heavy (non-hydrogen) atoms. The molecule has 5 rings (SSSR count). The molecule has 3 aliphatic rings. The van der Waals surface area contributed by atoms with Crippen LogP contribution in [0, 0.1) is 30.3 Å². The number of hydrogen-bond acceptors (Lipinski definition) is 15. The van der Waals surface area contributed by atoms with Gasteiger partial charge in [-0.15, -0.1) is 0 Å². The highest BCUT2D eigenvalue weighted by Gasteiger charge is 2.70. The fourth-order valence-electron chi connectivity index (χ4n) is 4.11. The Morgan fingerprint density at radius 3 is 2.55 bits per heavy atom. The number of nitrogen functional groups attached to an aromatic ring is 1. The highest BCUT2D eigenvalue weighted by molar-refractivity contribution is 7.46. The normalized spacial score (nSPS) is 26.5. The molecule has 21 nitrogen and oxygen atoms in total. The lowest BCUT2D eigenvalue weighted by molar-refractivity contribution is -0.567. The quantitative estimate of drug-likeness (QED) is 0.217. The first-order valence-corrected chi connectivity index (χ1v) is 11.6. The SMILES string of the molecule is Nc1ncnc2c1ncn2[C@@H]1OC(COP(=O)(O)O)=C2O[C@]3(O[C@H]21)C([N+](=O)[O-])=CC([N+](=O)[O-])=CC3[N+](=O)[O-]. The smallest absolute Gasteiger partial charge is 0.465 e. The van der Waals surface area contributed by atoms with Crippen LogP contribution in [0.2, 0.25) is 0 Å². The van der Waals surface area contributed by atoms with Crippen molar-refractivity contribution in [1.29, 1.82) is 0 Å². The molecule has 0 aromatic carbocycles. The maximum atomic E-state index is 11.9. The number of hydrogen-bond donors (Lipinski definition) is 3. The van der Waals surface area contributed by atoms with Gasteiger partial charge < -0.3 is 29.7 Å². The van der Waals surface area contributed by atoms with E-state index in [4.69, 9.17) is 29.7 Å². The number of nitrogens with zero attached hydrogens (tertiary/aromatic N) is 7. The third-order valence-electron chi connectivity index (χ3n) is 5.64. The summed E-state index contributed by atoms with van der Waals surface area (Å²) in [4.78, 5) is 62.0. The molecule has 1 unspecified atom stereocenters. The number of phosphoric acid groups is 1. The third-order valence-corrected chi connectivity index (χ3v) is 6.10. The summed E-state index contributed by atoms with van der Waals surface area (Å²) in [7, 11) is -5.07. The van der Waals surface area contributed by atoms with Crippen LogP contribution in [0.15, 0.2) is 47.7 Å². The van der Waals surface area contributed by atoms with Gasteiger partial charge in [0.05, 0.1) is 22.0 Å². The highest BCUT2D eigenvalue weighted by atomic mass is 31.2. The van der Waals surface area contributed by atoms with Gasteiger partial charge in [-0.1, -0.05) is 0 Å². The zero-order chi connectivity index (χ0) is 27.6. The Morgan fingerprint density at radius 2 is 1.92 bits per heavy atom. The maximum absolute atomic E-state index is 11.9. The van der Waals surface area contributed by atoms with E-state index in [1.54, 1.807) is 0 Å². The zero-order valence-electron chi connectivity index (χ0n) is 18.3. The first kappa shape index (κ1) is 25.1. The minimum Gasteiger partial charge on any atom is -0.465 e. The summed E-state index contributed by atoms with van der Waals surface area (Å²) in [6.07, 6.45) is 0.252. The molecule has 22 heteroatoms. The van der Waals surface area contributed by atoms with E-state index in [9.17, 15) is 34.9 Å². The van der Waals surface area contributed by atoms with Crippen LogP contribution in [0.4, 0.5) is 5.82 Å². The van der Waals surface area contributed by atoms with Crippen LogP contribution in [0.25, 0.3) is 11.2 Å². The van der Waals surface area contributed by atoms with E-state index in [-0.39, 0.29) is 17.0 Å². The van der Waals surface area contributed by atoms with Crippen molar-refractivity contribution in [2.75, 3.05) is 12.3 Å². The molecule has 1 saturated heterocycles. The number of nitro groups is 3. The molecule has 0 bridgehead atoms. The molecule has 1 spiro atoms. The Balaban J connectivity index is 1.65. The van der Waals surface area contributed by atoms with Gasteiger partial charge in [-0.25, -0.2) is 19.5 Å². The number of aromatic nitrogens is 4. The second kappa shape index (κ2) is 8.49. The van der Waals surface area contributed by atoms with Crippen molar-refractivity contribution in [2.45, 2.75) is 24.2 Å². The number of ether oxygens (including phenoxy) is 3. The Bertz CT molecular complexity index is 1540. The molecule has 2 aliphatic heterocycles. The maximum Gasteiger partial charge on any atom is 0.470 e. The molecule has 1 aliphatic carbocycles. The Labute approximate surface area is 207 Å². The van der Waals surface area contributed by atoms with Gasteiger partial charge in [-0.05, 0) is 0 Å². The zero-order valence-corrected chi connectivity index (χ0v) is 19.2. The number of phosphoric ester groups is 1. The number of anilines is 1. The van der Waals surface area contributed by atoms with Gasteiger partial charge in [0, 0.05) is 4.92 Å². The van der Waals surface area contributed by atoms with Gasteiger partial charge in [0.15, 0.2) is 29.1 Å². The molecular weight excluding hydrogens is 543 g/mol. The Hall–Kier alpha value is -4.56. The van der Waals surface area contributed by atoms with E-state index in [2.05, 4.69) is 19.5 Å². The van der Waals surface area contributed by atoms with Gasteiger partial charge in [0.25, 0.3) is 5.70 Å². The van der Waals surface area contributed by atoms with Crippen LogP contribution in [0.3, 0.4) is 0 Å². The number of imidazole rings is 1. The Morgan fingerprint density at radius 1 is 1.18 bits per heavy atom. The van der Waals surface area contributed by atoms with Crippen LogP contribution in [0.1, 0.15) is 6.23 Å². The first-order valence-electron chi connectivity index (χ1n) is 10.1. The number of nitrogens with two attached hydrogens (primary N) is 1. The lowest BCUT2D eigenvalue weighted by Gasteiger charge is -2.29. The third kappa shape index (κ3) is 3.90. The average molecular weight is 556 g/mol. The number of rotatable bonds is 7. The van der Waals surface area contributed by atoms with Crippen molar-refractivity contribution >= 4 is 24.8 Å². The lowest BCUT2D eigenvalue weighted by Crippen LogP contribution is -2.53.